The number of anilines is 1. The molecule has 3 aromatic heterocycles. The Balaban J connectivity index is 0.00000144. The van der Waals surface area contributed by atoms with Gasteiger partial charge in [-0.3, -0.25) is 0 Å². The zero-order valence-electron chi connectivity index (χ0n) is 12.6. The molecule has 0 aliphatic heterocycles. The number of hydrogen-bond donors (Lipinski definition) is 3. The van der Waals surface area contributed by atoms with E-state index in [9.17, 15) is 0 Å². The van der Waals surface area contributed by atoms with Gasteiger partial charge < -0.3 is 20.6 Å². The molecule has 0 bridgehead atoms. The van der Waals surface area contributed by atoms with Crippen molar-refractivity contribution in [1.29, 1.82) is 0 Å². The molecule has 0 fully saturated rings. The molecule has 9 heteroatoms. The van der Waals surface area contributed by atoms with Crippen LogP contribution in [0.5, 0.6) is 0 Å². The Morgan fingerprint density at radius 2 is 2.17 bits per heavy atom. The van der Waals surface area contributed by atoms with Crippen molar-refractivity contribution in [1.82, 2.24) is 4.98 Å². The number of nitrogens with one attached hydrogen (secondary N) is 1. The van der Waals surface area contributed by atoms with Crippen LogP contribution in [0, 0.1) is 0 Å². The Labute approximate surface area is 161 Å². The zero-order valence-corrected chi connectivity index (χ0v) is 15.8. The molecule has 1 atom stereocenters. The Hall–Kier alpha value is -1.02. The third-order valence-corrected chi connectivity index (χ3v) is 4.60. The van der Waals surface area contributed by atoms with Crippen LogP contribution in [0.2, 0.25) is 5.15 Å². The summed E-state index contributed by atoms with van der Waals surface area (Å²) in [7, 11) is 0. The third-order valence-electron chi connectivity index (χ3n) is 3.23. The van der Waals surface area contributed by atoms with E-state index in [-0.39, 0.29) is 37.5 Å². The summed E-state index contributed by atoms with van der Waals surface area (Å²) in [6.07, 6.45) is 2.26. The normalized spacial score (nSPS) is 11.6. The van der Waals surface area contributed by atoms with Gasteiger partial charge in [-0.05, 0) is 24.6 Å². The highest BCUT2D eigenvalue weighted by atomic mass is 35.5. The van der Waals surface area contributed by atoms with Gasteiger partial charge in [-0.25, -0.2) is 4.98 Å². The molecule has 0 amide bonds. The Bertz CT molecular complexity index is 765. The highest BCUT2D eigenvalue weighted by Gasteiger charge is 2.12. The molecule has 132 valence electrons. The molecule has 3 rings (SSSR count). The van der Waals surface area contributed by atoms with Crippen LogP contribution in [-0.4, -0.2) is 22.7 Å². The fourth-order valence-electron chi connectivity index (χ4n) is 2.19. The van der Waals surface area contributed by atoms with Crippen molar-refractivity contribution in [3.05, 3.63) is 46.3 Å². The number of furan rings is 1. The molecule has 3 aromatic rings. The van der Waals surface area contributed by atoms with E-state index < -0.39 is 0 Å². The summed E-state index contributed by atoms with van der Waals surface area (Å²) in [5.41, 5.74) is 7.55. The number of aliphatic hydroxyl groups is 1. The SMILES string of the molecule is Cl.Cl.NC(CO)Cc1cc2nc(Cl)cc(NCc3ccco3)c2s1. The van der Waals surface area contributed by atoms with E-state index in [1.165, 1.54) is 0 Å². The van der Waals surface area contributed by atoms with Gasteiger partial charge in [-0.15, -0.1) is 36.2 Å². The van der Waals surface area contributed by atoms with E-state index >= 15 is 0 Å². The molecule has 0 aromatic carbocycles. The predicted octanol–water partition coefficient (Wildman–Crippen LogP) is 3.86. The second kappa shape index (κ2) is 9.46. The van der Waals surface area contributed by atoms with Crippen molar-refractivity contribution in [3.8, 4) is 0 Å². The number of hydrogen-bond acceptors (Lipinski definition) is 6. The van der Waals surface area contributed by atoms with Crippen molar-refractivity contribution in [2.45, 2.75) is 19.0 Å². The Morgan fingerprint density at radius 1 is 1.38 bits per heavy atom. The minimum absolute atomic E-state index is 0. The molecule has 0 saturated carbocycles. The first-order valence-corrected chi connectivity index (χ1v) is 8.07. The summed E-state index contributed by atoms with van der Waals surface area (Å²) in [5, 5.41) is 12.8. The summed E-state index contributed by atoms with van der Waals surface area (Å²) in [6.45, 7) is 0.540. The van der Waals surface area contributed by atoms with Gasteiger partial charge in [0.2, 0.25) is 0 Å². The Morgan fingerprint density at radius 3 is 2.83 bits per heavy atom. The highest BCUT2D eigenvalue weighted by Crippen LogP contribution is 2.33. The maximum Gasteiger partial charge on any atom is 0.131 e. The first-order valence-electron chi connectivity index (χ1n) is 6.87. The van der Waals surface area contributed by atoms with Gasteiger partial charge in [0.05, 0.1) is 35.3 Å². The number of aromatic nitrogens is 1. The van der Waals surface area contributed by atoms with Crippen molar-refractivity contribution in [2.75, 3.05) is 11.9 Å². The molecule has 3 heterocycles. The fraction of sp³-hybridized carbons (Fsp3) is 0.267. The van der Waals surface area contributed by atoms with Crippen LogP contribution in [0.25, 0.3) is 10.2 Å². The van der Waals surface area contributed by atoms with Crippen LogP contribution in [0.3, 0.4) is 0 Å². The van der Waals surface area contributed by atoms with Gasteiger partial charge in [-0.1, -0.05) is 11.6 Å². The van der Waals surface area contributed by atoms with Crippen LogP contribution in [0.4, 0.5) is 5.69 Å². The highest BCUT2D eigenvalue weighted by molar-refractivity contribution is 7.19. The van der Waals surface area contributed by atoms with Gasteiger partial charge in [0.1, 0.15) is 10.9 Å². The summed E-state index contributed by atoms with van der Waals surface area (Å²) < 4.78 is 6.34. The minimum Gasteiger partial charge on any atom is -0.467 e. The van der Waals surface area contributed by atoms with Crippen LogP contribution < -0.4 is 11.1 Å². The Kier molecular flexibility index (Phi) is 8.29. The van der Waals surface area contributed by atoms with Crippen LogP contribution >= 0.6 is 47.8 Å². The number of nitrogens with two attached hydrogens (primary N) is 1. The van der Waals surface area contributed by atoms with E-state index in [4.69, 9.17) is 26.9 Å². The molecule has 0 radical (unpaired) electrons. The molecule has 0 spiro atoms. The lowest BCUT2D eigenvalue weighted by atomic mass is 10.2. The first kappa shape index (κ1) is 21.0. The van der Waals surface area contributed by atoms with Gasteiger partial charge in [-0.2, -0.15) is 0 Å². The monoisotopic (exact) mass is 409 g/mol. The van der Waals surface area contributed by atoms with E-state index in [0.29, 0.717) is 18.1 Å². The van der Waals surface area contributed by atoms with Crippen LogP contribution in [-0.2, 0) is 13.0 Å². The average Bonchev–Trinajstić information content (AvgIpc) is 3.13. The lowest BCUT2D eigenvalue weighted by Gasteiger charge is -2.06. The van der Waals surface area contributed by atoms with Crippen molar-refractivity contribution in [3.63, 3.8) is 0 Å². The largest absolute Gasteiger partial charge is 0.467 e. The van der Waals surface area contributed by atoms with Gasteiger partial charge >= 0.3 is 0 Å². The fourth-order valence-corrected chi connectivity index (χ4v) is 3.57. The maximum absolute atomic E-state index is 9.08. The zero-order chi connectivity index (χ0) is 15.5. The van der Waals surface area contributed by atoms with Crippen molar-refractivity contribution < 1.29 is 9.52 Å². The van der Waals surface area contributed by atoms with Gasteiger partial charge in [0, 0.05) is 17.0 Å². The smallest absolute Gasteiger partial charge is 0.131 e. The molecular formula is C15H18Cl3N3O2S. The van der Waals surface area contributed by atoms with Gasteiger partial charge in [0.15, 0.2) is 0 Å². The molecule has 0 saturated heterocycles. The van der Waals surface area contributed by atoms with E-state index in [1.54, 1.807) is 23.7 Å². The van der Waals surface area contributed by atoms with E-state index in [2.05, 4.69) is 10.3 Å². The molecule has 0 aliphatic carbocycles. The lowest BCUT2D eigenvalue weighted by molar-refractivity contribution is 0.266. The average molecular weight is 411 g/mol. The molecule has 4 N–H and O–H groups in total. The van der Waals surface area contributed by atoms with Gasteiger partial charge in [0.25, 0.3) is 0 Å². The second-order valence-corrected chi connectivity index (χ2v) is 6.52. The van der Waals surface area contributed by atoms with E-state index in [1.807, 2.05) is 18.2 Å². The molecule has 5 nitrogen and oxygen atoms in total. The van der Waals surface area contributed by atoms with Crippen LogP contribution in [0.15, 0.2) is 34.9 Å². The molecule has 0 aliphatic rings. The van der Waals surface area contributed by atoms with Crippen molar-refractivity contribution >= 4 is 63.7 Å². The summed E-state index contributed by atoms with van der Waals surface area (Å²) in [4.78, 5) is 5.42. The predicted molar refractivity (Wildman–Crippen MR) is 104 cm³/mol. The molecule has 24 heavy (non-hydrogen) atoms. The first-order chi connectivity index (χ1) is 10.7. The summed E-state index contributed by atoms with van der Waals surface area (Å²) in [5.74, 6) is 0.847. The lowest BCUT2D eigenvalue weighted by Crippen LogP contribution is -2.26. The number of pyridine rings is 1. The third kappa shape index (κ3) is 4.99. The number of nitrogens with zero attached hydrogens (tertiary/aromatic N) is 1. The van der Waals surface area contributed by atoms with Crippen molar-refractivity contribution in [2.24, 2.45) is 5.73 Å². The number of halogens is 3. The molecule has 1 unspecified atom stereocenters. The molecular weight excluding hydrogens is 393 g/mol. The second-order valence-electron chi connectivity index (χ2n) is 5.00. The quantitative estimate of drug-likeness (QED) is 0.537. The van der Waals surface area contributed by atoms with Crippen LogP contribution in [0.1, 0.15) is 10.6 Å². The number of rotatable bonds is 6. The maximum atomic E-state index is 9.08. The standard InChI is InChI=1S/C15H16ClN3O2S.2ClH/c16-14-6-12(18-7-10-2-1-3-21-10)15-13(19-14)5-11(22-15)4-9(17)8-20;;/h1-3,5-6,9,20H,4,7-8,17H2,(H,18,19);2*1H. The summed E-state index contributed by atoms with van der Waals surface area (Å²) >= 11 is 7.70. The number of aliphatic hydroxyl groups excluding tert-OH is 1. The minimum atomic E-state index is -0.261. The summed E-state index contributed by atoms with van der Waals surface area (Å²) in [6, 6.07) is 7.28. The van der Waals surface area contributed by atoms with E-state index in [0.717, 1.165) is 26.5 Å². The number of fused-ring (bicyclic) bond motifs is 1. The topological polar surface area (TPSA) is 84.3 Å². The number of thiophene rings is 1.